The predicted molar refractivity (Wildman–Crippen MR) is 88.4 cm³/mol. The molecule has 2 aromatic carbocycles. The van der Waals surface area contributed by atoms with Crippen molar-refractivity contribution < 1.29 is 4.74 Å². The maximum atomic E-state index is 5.33. The highest BCUT2D eigenvalue weighted by Gasteiger charge is 2.00. The lowest BCUT2D eigenvalue weighted by atomic mass is 10.0. The third kappa shape index (κ3) is 2.79. The van der Waals surface area contributed by atoms with Gasteiger partial charge in [0.1, 0.15) is 5.75 Å². The maximum absolute atomic E-state index is 5.33. The lowest BCUT2D eigenvalue weighted by molar-refractivity contribution is 0.411. The fraction of sp³-hybridized carbons (Fsp3) is 0.105. The van der Waals surface area contributed by atoms with Crippen LogP contribution in [0.1, 0.15) is 16.8 Å². The first-order valence-corrected chi connectivity index (χ1v) is 6.94. The van der Waals surface area contributed by atoms with Crippen LogP contribution in [0, 0.1) is 6.92 Å². The van der Waals surface area contributed by atoms with Crippen LogP contribution < -0.4 is 4.74 Å². The average Bonchev–Trinajstić information content (AvgIpc) is 2.54. The van der Waals surface area contributed by atoms with E-state index in [1.165, 1.54) is 16.3 Å². The molecule has 0 radical (unpaired) electrons. The Labute approximate surface area is 124 Å². The molecule has 0 unspecified atom stereocenters. The van der Waals surface area contributed by atoms with Gasteiger partial charge in [0.15, 0.2) is 0 Å². The number of aromatic nitrogens is 1. The first-order valence-electron chi connectivity index (χ1n) is 6.94. The molecule has 2 nitrogen and oxygen atoms in total. The minimum Gasteiger partial charge on any atom is -0.496 e. The lowest BCUT2D eigenvalue weighted by Gasteiger charge is -2.05. The molecule has 3 rings (SSSR count). The number of methoxy groups -OCH3 is 1. The summed E-state index contributed by atoms with van der Waals surface area (Å²) in [6, 6.07) is 16.7. The molecule has 104 valence electrons. The van der Waals surface area contributed by atoms with Crippen molar-refractivity contribution in [2.24, 2.45) is 0 Å². The molecule has 1 heterocycles. The van der Waals surface area contributed by atoms with E-state index in [0.717, 1.165) is 17.0 Å². The number of fused-ring (bicyclic) bond motifs is 1. The highest BCUT2D eigenvalue weighted by molar-refractivity contribution is 5.92. The van der Waals surface area contributed by atoms with Crippen LogP contribution in [0.3, 0.4) is 0 Å². The van der Waals surface area contributed by atoms with E-state index in [9.17, 15) is 0 Å². The summed E-state index contributed by atoms with van der Waals surface area (Å²) in [5.74, 6) is 0.863. The monoisotopic (exact) mass is 275 g/mol. The van der Waals surface area contributed by atoms with Crippen LogP contribution in [-0.2, 0) is 0 Å². The minimum absolute atomic E-state index is 0.863. The molecule has 0 aliphatic rings. The van der Waals surface area contributed by atoms with Crippen molar-refractivity contribution in [2.45, 2.75) is 6.92 Å². The fourth-order valence-corrected chi connectivity index (χ4v) is 2.40. The molecule has 0 fully saturated rings. The van der Waals surface area contributed by atoms with Gasteiger partial charge in [-0.1, -0.05) is 48.5 Å². The van der Waals surface area contributed by atoms with Crippen LogP contribution in [-0.4, -0.2) is 12.1 Å². The SMILES string of the molecule is COc1cc(/C=C/c2cccc3ccccc23)ncc1C. The summed E-state index contributed by atoms with van der Waals surface area (Å²) < 4.78 is 5.33. The predicted octanol–water partition coefficient (Wildman–Crippen LogP) is 4.72. The first kappa shape index (κ1) is 13.4. The van der Waals surface area contributed by atoms with Gasteiger partial charge in [-0.3, -0.25) is 4.98 Å². The number of hydrogen-bond acceptors (Lipinski definition) is 2. The first-order chi connectivity index (χ1) is 10.3. The Morgan fingerprint density at radius 3 is 2.67 bits per heavy atom. The van der Waals surface area contributed by atoms with Gasteiger partial charge in [0.2, 0.25) is 0 Å². The van der Waals surface area contributed by atoms with E-state index in [1.54, 1.807) is 7.11 Å². The van der Waals surface area contributed by atoms with Gasteiger partial charge in [0, 0.05) is 17.8 Å². The quantitative estimate of drug-likeness (QED) is 0.690. The Morgan fingerprint density at radius 1 is 1.00 bits per heavy atom. The molecule has 0 saturated heterocycles. The highest BCUT2D eigenvalue weighted by atomic mass is 16.5. The molecule has 0 saturated carbocycles. The van der Waals surface area contributed by atoms with Gasteiger partial charge in [0.05, 0.1) is 12.8 Å². The van der Waals surface area contributed by atoms with E-state index in [4.69, 9.17) is 4.74 Å². The summed E-state index contributed by atoms with van der Waals surface area (Å²) in [6.07, 6.45) is 5.95. The molecule has 0 atom stereocenters. The third-order valence-electron chi connectivity index (χ3n) is 3.55. The number of hydrogen-bond donors (Lipinski definition) is 0. The summed E-state index contributed by atoms with van der Waals surface area (Å²) in [5.41, 5.74) is 3.12. The summed E-state index contributed by atoms with van der Waals surface area (Å²) >= 11 is 0. The van der Waals surface area contributed by atoms with Gasteiger partial charge in [-0.15, -0.1) is 0 Å². The second-order valence-electron chi connectivity index (χ2n) is 4.98. The Hall–Kier alpha value is -2.61. The number of pyridine rings is 1. The van der Waals surface area contributed by atoms with Gasteiger partial charge < -0.3 is 4.74 Å². The topological polar surface area (TPSA) is 22.1 Å². The molecule has 1 aromatic heterocycles. The van der Waals surface area contributed by atoms with Crippen LogP contribution in [0.15, 0.2) is 54.7 Å². The van der Waals surface area contributed by atoms with Crippen LogP contribution in [0.5, 0.6) is 5.75 Å². The summed E-state index contributed by atoms with van der Waals surface area (Å²) in [6.45, 7) is 1.99. The van der Waals surface area contributed by atoms with Crippen molar-refractivity contribution in [3.8, 4) is 5.75 Å². The summed E-state index contributed by atoms with van der Waals surface area (Å²) in [4.78, 5) is 4.42. The number of benzene rings is 2. The Bertz CT molecular complexity index is 800. The molecular formula is C19H17NO. The van der Waals surface area contributed by atoms with Gasteiger partial charge in [-0.2, -0.15) is 0 Å². The lowest BCUT2D eigenvalue weighted by Crippen LogP contribution is -1.90. The second-order valence-corrected chi connectivity index (χ2v) is 4.98. The smallest absolute Gasteiger partial charge is 0.125 e. The summed E-state index contributed by atoms with van der Waals surface area (Å²) in [7, 11) is 1.68. The van der Waals surface area contributed by atoms with E-state index in [2.05, 4.69) is 53.5 Å². The van der Waals surface area contributed by atoms with Crippen LogP contribution in [0.4, 0.5) is 0 Å². The fourth-order valence-electron chi connectivity index (χ4n) is 2.40. The number of rotatable bonds is 3. The van der Waals surface area contributed by atoms with Gasteiger partial charge in [-0.25, -0.2) is 0 Å². The van der Waals surface area contributed by atoms with Crippen LogP contribution in [0.25, 0.3) is 22.9 Å². The molecule has 0 amide bonds. The van der Waals surface area contributed by atoms with Crippen molar-refractivity contribution in [1.29, 1.82) is 0 Å². The van der Waals surface area contributed by atoms with Crippen molar-refractivity contribution in [3.05, 3.63) is 71.5 Å². The van der Waals surface area contributed by atoms with E-state index in [0.29, 0.717) is 0 Å². The van der Waals surface area contributed by atoms with Gasteiger partial charge in [-0.05, 0) is 29.3 Å². The average molecular weight is 275 g/mol. The van der Waals surface area contributed by atoms with Crippen molar-refractivity contribution in [3.63, 3.8) is 0 Å². The molecule has 0 N–H and O–H groups in total. The van der Waals surface area contributed by atoms with E-state index in [-0.39, 0.29) is 0 Å². The molecular weight excluding hydrogens is 258 g/mol. The Balaban J connectivity index is 1.98. The standard InChI is InChI=1S/C19H17NO/c1-14-13-20-17(12-19(14)21-2)11-10-16-8-5-7-15-6-3-4-9-18(15)16/h3-13H,1-2H3/b11-10+. The zero-order valence-electron chi connectivity index (χ0n) is 12.2. The van der Waals surface area contributed by atoms with Crippen molar-refractivity contribution >= 4 is 22.9 Å². The zero-order chi connectivity index (χ0) is 14.7. The molecule has 3 aromatic rings. The van der Waals surface area contributed by atoms with Gasteiger partial charge in [0.25, 0.3) is 0 Å². The number of ether oxygens (including phenoxy) is 1. The molecule has 0 aliphatic heterocycles. The van der Waals surface area contributed by atoms with Crippen LogP contribution >= 0.6 is 0 Å². The molecule has 0 bridgehead atoms. The largest absolute Gasteiger partial charge is 0.496 e. The Kier molecular flexibility index (Phi) is 3.69. The third-order valence-corrected chi connectivity index (χ3v) is 3.55. The minimum atomic E-state index is 0.863. The molecule has 2 heteroatoms. The van der Waals surface area contributed by atoms with E-state index < -0.39 is 0 Å². The molecule has 0 aliphatic carbocycles. The van der Waals surface area contributed by atoms with Crippen molar-refractivity contribution in [1.82, 2.24) is 4.98 Å². The second kappa shape index (κ2) is 5.80. The zero-order valence-corrected chi connectivity index (χ0v) is 12.2. The van der Waals surface area contributed by atoms with Crippen molar-refractivity contribution in [2.75, 3.05) is 7.11 Å². The highest BCUT2D eigenvalue weighted by Crippen LogP contribution is 2.22. The van der Waals surface area contributed by atoms with Gasteiger partial charge >= 0.3 is 0 Å². The molecule has 0 spiro atoms. The normalized spacial score (nSPS) is 11.1. The molecule has 21 heavy (non-hydrogen) atoms. The Morgan fingerprint density at radius 2 is 1.81 bits per heavy atom. The van der Waals surface area contributed by atoms with E-state index >= 15 is 0 Å². The van der Waals surface area contributed by atoms with E-state index in [1.807, 2.05) is 25.3 Å². The van der Waals surface area contributed by atoms with Crippen LogP contribution in [0.2, 0.25) is 0 Å². The number of nitrogens with zero attached hydrogens (tertiary/aromatic N) is 1. The number of aryl methyl sites for hydroxylation is 1. The summed E-state index contributed by atoms with van der Waals surface area (Å²) in [5, 5.41) is 2.49. The maximum Gasteiger partial charge on any atom is 0.125 e.